The smallest absolute Gasteiger partial charge is 0.238 e. The predicted octanol–water partition coefficient (Wildman–Crippen LogP) is -0.595. The summed E-state index contributed by atoms with van der Waals surface area (Å²) in [4.78, 5) is 0.0393. The van der Waals surface area contributed by atoms with E-state index in [1.807, 2.05) is 6.92 Å². The number of hydrogen-bond acceptors (Lipinski definition) is 5. The highest BCUT2D eigenvalue weighted by Gasteiger charge is 2.09. The maximum absolute atomic E-state index is 11.6. The fourth-order valence-corrected chi connectivity index (χ4v) is 3.14. The van der Waals surface area contributed by atoms with Crippen LogP contribution in [0.25, 0.3) is 0 Å². The summed E-state index contributed by atoms with van der Waals surface area (Å²) in [6.45, 7) is 3.31. The van der Waals surface area contributed by atoms with Gasteiger partial charge in [0, 0.05) is 13.1 Å². The Bertz CT molecular complexity index is 640. The predicted molar refractivity (Wildman–Crippen MR) is 81.9 cm³/mol. The monoisotopic (exact) mass is 335 g/mol. The molecule has 120 valence electrons. The summed E-state index contributed by atoms with van der Waals surface area (Å²) in [5, 5.41) is 7.94. The van der Waals surface area contributed by atoms with E-state index in [9.17, 15) is 16.8 Å². The van der Waals surface area contributed by atoms with Crippen LogP contribution in [-0.2, 0) is 26.5 Å². The normalized spacial score (nSPS) is 12.5. The van der Waals surface area contributed by atoms with Crippen molar-refractivity contribution in [1.82, 2.24) is 10.0 Å². The maximum Gasteiger partial charge on any atom is 0.238 e. The molecule has 21 heavy (non-hydrogen) atoms. The summed E-state index contributed by atoms with van der Waals surface area (Å²) in [6.07, 6.45) is 0.478. The standard InChI is InChI=1S/C12H21N3O4S2/c1-2-14-9-10-20(16,17)15-8-7-11-3-5-12(6-4-11)21(13,18)19/h3-6,14-15H,2,7-10H2,1H3,(H2,13,18,19). The minimum Gasteiger partial charge on any atom is -0.316 e. The van der Waals surface area contributed by atoms with Gasteiger partial charge in [0.2, 0.25) is 20.0 Å². The van der Waals surface area contributed by atoms with Crippen molar-refractivity contribution in [3.8, 4) is 0 Å². The second-order valence-corrected chi connectivity index (χ2v) is 7.99. The minimum atomic E-state index is -3.69. The number of nitrogens with one attached hydrogen (secondary N) is 2. The molecule has 0 aliphatic heterocycles. The summed E-state index contributed by atoms with van der Waals surface area (Å²) in [5.41, 5.74) is 0.830. The Morgan fingerprint density at radius 3 is 2.19 bits per heavy atom. The molecule has 0 aromatic heterocycles. The van der Waals surface area contributed by atoms with Crippen molar-refractivity contribution in [3.05, 3.63) is 29.8 Å². The zero-order valence-corrected chi connectivity index (χ0v) is 13.5. The van der Waals surface area contributed by atoms with Gasteiger partial charge in [0.25, 0.3) is 0 Å². The van der Waals surface area contributed by atoms with Crippen molar-refractivity contribution in [2.75, 3.05) is 25.4 Å². The molecule has 0 unspecified atom stereocenters. The molecule has 0 aliphatic rings. The first-order valence-electron chi connectivity index (χ1n) is 6.54. The number of sulfonamides is 2. The maximum atomic E-state index is 11.6. The van der Waals surface area contributed by atoms with Crippen LogP contribution in [-0.4, -0.2) is 42.2 Å². The lowest BCUT2D eigenvalue weighted by Crippen LogP contribution is -2.33. The molecule has 0 saturated carbocycles. The topological polar surface area (TPSA) is 118 Å². The lowest BCUT2D eigenvalue weighted by Gasteiger charge is -2.07. The molecule has 0 radical (unpaired) electrons. The second kappa shape index (κ2) is 7.85. The Morgan fingerprint density at radius 2 is 1.67 bits per heavy atom. The van der Waals surface area contributed by atoms with E-state index in [1.54, 1.807) is 12.1 Å². The fraction of sp³-hybridized carbons (Fsp3) is 0.500. The first kappa shape index (κ1) is 18.1. The molecule has 0 spiro atoms. The molecule has 0 amide bonds. The van der Waals surface area contributed by atoms with E-state index >= 15 is 0 Å². The molecular weight excluding hydrogens is 314 g/mol. The van der Waals surface area contributed by atoms with Crippen molar-refractivity contribution >= 4 is 20.0 Å². The largest absolute Gasteiger partial charge is 0.316 e. The number of primary sulfonamides is 1. The summed E-state index contributed by atoms with van der Waals surface area (Å²) in [5.74, 6) is 0.0329. The lowest BCUT2D eigenvalue weighted by molar-refractivity contribution is 0.577. The van der Waals surface area contributed by atoms with Crippen molar-refractivity contribution in [3.63, 3.8) is 0 Å². The summed E-state index contributed by atoms with van der Waals surface area (Å²) in [6, 6.07) is 6.05. The van der Waals surface area contributed by atoms with Crippen LogP contribution in [0.15, 0.2) is 29.2 Å². The van der Waals surface area contributed by atoms with E-state index in [2.05, 4.69) is 10.0 Å². The highest BCUT2D eigenvalue weighted by molar-refractivity contribution is 7.89. The highest BCUT2D eigenvalue weighted by atomic mass is 32.2. The number of nitrogens with two attached hydrogens (primary N) is 1. The Kier molecular flexibility index (Phi) is 6.75. The Hall–Kier alpha value is -1.00. The first-order valence-corrected chi connectivity index (χ1v) is 9.74. The molecule has 0 fully saturated rings. The van der Waals surface area contributed by atoms with E-state index in [4.69, 9.17) is 5.14 Å². The molecule has 1 aromatic rings. The number of hydrogen-bond donors (Lipinski definition) is 3. The van der Waals surface area contributed by atoms with Gasteiger partial charge >= 0.3 is 0 Å². The van der Waals surface area contributed by atoms with Crippen molar-refractivity contribution in [1.29, 1.82) is 0 Å². The molecule has 4 N–H and O–H groups in total. The van der Waals surface area contributed by atoms with Gasteiger partial charge in [-0.1, -0.05) is 19.1 Å². The molecule has 0 heterocycles. The third kappa shape index (κ3) is 7.00. The third-order valence-electron chi connectivity index (χ3n) is 2.79. The van der Waals surface area contributed by atoms with Crippen LogP contribution in [0, 0.1) is 0 Å². The van der Waals surface area contributed by atoms with Crippen LogP contribution in [0.2, 0.25) is 0 Å². The highest BCUT2D eigenvalue weighted by Crippen LogP contribution is 2.08. The van der Waals surface area contributed by atoms with E-state index < -0.39 is 20.0 Å². The van der Waals surface area contributed by atoms with Crippen molar-refractivity contribution in [2.45, 2.75) is 18.2 Å². The van der Waals surface area contributed by atoms with Gasteiger partial charge in [0.1, 0.15) is 0 Å². The van der Waals surface area contributed by atoms with E-state index in [-0.39, 0.29) is 17.2 Å². The van der Waals surface area contributed by atoms with Crippen LogP contribution in [0.4, 0.5) is 0 Å². The van der Waals surface area contributed by atoms with Gasteiger partial charge in [0.05, 0.1) is 10.6 Å². The van der Waals surface area contributed by atoms with E-state index in [0.717, 1.165) is 12.1 Å². The molecule has 7 nitrogen and oxygen atoms in total. The molecule has 1 rings (SSSR count). The first-order chi connectivity index (χ1) is 9.74. The van der Waals surface area contributed by atoms with Crippen LogP contribution in [0.3, 0.4) is 0 Å². The van der Waals surface area contributed by atoms with Gasteiger partial charge in [0.15, 0.2) is 0 Å². The Balaban J connectivity index is 2.46. The van der Waals surface area contributed by atoms with Gasteiger partial charge in [-0.15, -0.1) is 0 Å². The second-order valence-electron chi connectivity index (χ2n) is 4.51. The molecule has 1 aromatic carbocycles. The number of rotatable bonds is 9. The SMILES string of the molecule is CCNCCS(=O)(=O)NCCc1ccc(S(N)(=O)=O)cc1. The summed E-state index contributed by atoms with van der Waals surface area (Å²) < 4.78 is 48.0. The lowest BCUT2D eigenvalue weighted by atomic mass is 10.2. The van der Waals surface area contributed by atoms with Crippen LogP contribution >= 0.6 is 0 Å². The van der Waals surface area contributed by atoms with Crippen LogP contribution in [0.1, 0.15) is 12.5 Å². The zero-order valence-electron chi connectivity index (χ0n) is 11.9. The quantitative estimate of drug-likeness (QED) is 0.521. The average Bonchev–Trinajstić information content (AvgIpc) is 2.38. The Morgan fingerprint density at radius 1 is 1.05 bits per heavy atom. The number of benzene rings is 1. The molecule has 0 atom stereocenters. The van der Waals surface area contributed by atoms with Crippen LogP contribution in [0.5, 0.6) is 0 Å². The van der Waals surface area contributed by atoms with E-state index in [1.165, 1.54) is 12.1 Å². The fourth-order valence-electron chi connectivity index (χ4n) is 1.65. The molecule has 9 heteroatoms. The average molecular weight is 335 g/mol. The van der Waals surface area contributed by atoms with Gasteiger partial charge < -0.3 is 5.32 Å². The van der Waals surface area contributed by atoms with Gasteiger partial charge in [-0.25, -0.2) is 26.7 Å². The molecule has 0 bridgehead atoms. The van der Waals surface area contributed by atoms with Crippen molar-refractivity contribution < 1.29 is 16.8 Å². The minimum absolute atomic E-state index is 0.0329. The molecule has 0 saturated heterocycles. The van der Waals surface area contributed by atoms with Gasteiger partial charge in [-0.3, -0.25) is 0 Å². The van der Waals surface area contributed by atoms with E-state index in [0.29, 0.717) is 13.0 Å². The van der Waals surface area contributed by atoms with Crippen molar-refractivity contribution in [2.24, 2.45) is 5.14 Å². The summed E-state index contributed by atoms with van der Waals surface area (Å²) in [7, 11) is -6.98. The van der Waals surface area contributed by atoms with Gasteiger partial charge in [-0.05, 0) is 30.7 Å². The zero-order chi connectivity index (χ0) is 15.9. The third-order valence-corrected chi connectivity index (χ3v) is 5.10. The molecular formula is C12H21N3O4S2. The van der Waals surface area contributed by atoms with Crippen LogP contribution < -0.4 is 15.2 Å². The Labute approximate surface area is 126 Å². The summed E-state index contributed by atoms with van der Waals surface area (Å²) >= 11 is 0. The van der Waals surface area contributed by atoms with Gasteiger partial charge in [-0.2, -0.15) is 0 Å². The molecule has 0 aliphatic carbocycles.